The van der Waals surface area contributed by atoms with E-state index in [1.807, 2.05) is 0 Å². The summed E-state index contributed by atoms with van der Waals surface area (Å²) < 4.78 is 44.4. The Morgan fingerprint density at radius 1 is 1.04 bits per heavy atom. The summed E-state index contributed by atoms with van der Waals surface area (Å²) in [5.41, 5.74) is 0.0875. The van der Waals surface area contributed by atoms with Crippen molar-refractivity contribution < 1.29 is 27.8 Å². The Kier molecular flexibility index (Phi) is 6.64. The van der Waals surface area contributed by atoms with E-state index in [9.17, 15) is 23.1 Å². The van der Waals surface area contributed by atoms with E-state index in [4.69, 9.17) is 4.74 Å². The highest BCUT2D eigenvalue weighted by Gasteiger charge is 2.13. The molecule has 0 radical (unpaired) electrons. The first kappa shape index (κ1) is 18.6. The first-order chi connectivity index (χ1) is 12.0. The Bertz CT molecular complexity index is 728. The quantitative estimate of drug-likeness (QED) is 0.669. The highest BCUT2D eigenvalue weighted by molar-refractivity contribution is 5.73. The number of ether oxygens (including phenoxy) is 1. The van der Waals surface area contributed by atoms with Crippen molar-refractivity contribution in [3.63, 3.8) is 0 Å². The first-order valence-electron chi connectivity index (χ1n) is 7.49. The number of carbonyl (C=O) groups is 1. The van der Waals surface area contributed by atoms with E-state index in [0.717, 1.165) is 12.1 Å². The van der Waals surface area contributed by atoms with Gasteiger partial charge < -0.3 is 20.5 Å². The fourth-order valence-corrected chi connectivity index (χ4v) is 2.01. The second kappa shape index (κ2) is 8.93. The highest BCUT2D eigenvalue weighted by Crippen LogP contribution is 2.16. The molecule has 0 bridgehead atoms. The summed E-state index contributed by atoms with van der Waals surface area (Å²) in [4.78, 5) is 11.6. The molecule has 1 atom stereocenters. The number of hydrogen-bond donors (Lipinski definition) is 3. The van der Waals surface area contributed by atoms with Crippen LogP contribution in [0.2, 0.25) is 0 Å². The van der Waals surface area contributed by atoms with Crippen LogP contribution in [0.3, 0.4) is 0 Å². The van der Waals surface area contributed by atoms with Gasteiger partial charge in [0.1, 0.15) is 18.2 Å². The van der Waals surface area contributed by atoms with Gasteiger partial charge in [-0.2, -0.15) is 0 Å². The average molecular weight is 354 g/mol. The molecular formula is C17H17F3N2O3. The van der Waals surface area contributed by atoms with E-state index < -0.39 is 29.6 Å². The number of benzene rings is 2. The zero-order chi connectivity index (χ0) is 18.2. The van der Waals surface area contributed by atoms with Crippen molar-refractivity contribution in [1.82, 2.24) is 10.6 Å². The van der Waals surface area contributed by atoms with Crippen molar-refractivity contribution in [1.29, 1.82) is 0 Å². The minimum Gasteiger partial charge on any atom is -0.492 e. The van der Waals surface area contributed by atoms with E-state index in [2.05, 4.69) is 10.6 Å². The largest absolute Gasteiger partial charge is 0.492 e. The molecule has 2 aromatic rings. The molecule has 0 heterocycles. The van der Waals surface area contributed by atoms with Crippen LogP contribution in [0.15, 0.2) is 42.5 Å². The summed E-state index contributed by atoms with van der Waals surface area (Å²) in [6, 6.07) is 8.25. The Hall–Kier alpha value is -2.74. The van der Waals surface area contributed by atoms with Crippen molar-refractivity contribution >= 4 is 6.03 Å². The van der Waals surface area contributed by atoms with E-state index in [1.54, 1.807) is 6.07 Å². The van der Waals surface area contributed by atoms with Crippen molar-refractivity contribution in [2.24, 2.45) is 0 Å². The van der Waals surface area contributed by atoms with Crippen molar-refractivity contribution in [2.75, 3.05) is 19.7 Å². The van der Waals surface area contributed by atoms with Crippen LogP contribution in [0.1, 0.15) is 11.7 Å². The third-order valence-electron chi connectivity index (χ3n) is 3.27. The molecule has 0 aliphatic carbocycles. The summed E-state index contributed by atoms with van der Waals surface area (Å²) in [5.74, 6) is -2.42. The lowest BCUT2D eigenvalue weighted by molar-refractivity contribution is 0.168. The molecule has 0 saturated heterocycles. The number of halogens is 3. The predicted octanol–water partition coefficient (Wildman–Crippen LogP) is 2.52. The van der Waals surface area contributed by atoms with E-state index in [0.29, 0.717) is 0 Å². The van der Waals surface area contributed by atoms with E-state index in [1.165, 1.54) is 24.3 Å². The lowest BCUT2D eigenvalue weighted by Gasteiger charge is -2.14. The minimum atomic E-state index is -1.18. The van der Waals surface area contributed by atoms with Crippen LogP contribution in [0.4, 0.5) is 18.0 Å². The third kappa shape index (κ3) is 5.68. The van der Waals surface area contributed by atoms with Gasteiger partial charge in [0.25, 0.3) is 0 Å². The number of aliphatic hydroxyl groups is 1. The monoisotopic (exact) mass is 354 g/mol. The molecule has 5 nitrogen and oxygen atoms in total. The van der Waals surface area contributed by atoms with Gasteiger partial charge in [0, 0.05) is 18.2 Å². The molecule has 8 heteroatoms. The molecule has 0 fully saturated rings. The average Bonchev–Trinajstić information content (AvgIpc) is 2.60. The Balaban J connectivity index is 1.67. The van der Waals surface area contributed by atoms with Crippen LogP contribution in [-0.4, -0.2) is 30.8 Å². The topological polar surface area (TPSA) is 70.6 Å². The number of nitrogens with one attached hydrogen (secondary N) is 2. The van der Waals surface area contributed by atoms with Crippen molar-refractivity contribution in [2.45, 2.75) is 6.10 Å². The van der Waals surface area contributed by atoms with Gasteiger partial charge in [-0.05, 0) is 18.2 Å². The summed E-state index contributed by atoms with van der Waals surface area (Å²) in [5, 5.41) is 14.7. The molecule has 2 amide bonds. The Morgan fingerprint density at radius 2 is 1.80 bits per heavy atom. The number of urea groups is 1. The van der Waals surface area contributed by atoms with Gasteiger partial charge >= 0.3 is 6.03 Å². The molecular weight excluding hydrogens is 337 g/mol. The zero-order valence-corrected chi connectivity index (χ0v) is 13.1. The minimum absolute atomic E-state index is 0.0361. The van der Waals surface area contributed by atoms with Crippen molar-refractivity contribution in [3.8, 4) is 5.75 Å². The summed E-state index contributed by atoms with van der Waals surface area (Å²) in [7, 11) is 0. The summed E-state index contributed by atoms with van der Waals surface area (Å²) in [6.45, 7) is -0.0359. The van der Waals surface area contributed by atoms with Crippen LogP contribution < -0.4 is 15.4 Å². The van der Waals surface area contributed by atoms with E-state index in [-0.39, 0.29) is 31.0 Å². The maximum absolute atomic E-state index is 13.5. The van der Waals surface area contributed by atoms with E-state index >= 15 is 0 Å². The molecule has 0 aliphatic heterocycles. The van der Waals surface area contributed by atoms with Gasteiger partial charge in [-0.3, -0.25) is 0 Å². The molecule has 2 rings (SSSR count). The second-order valence-electron chi connectivity index (χ2n) is 5.10. The van der Waals surface area contributed by atoms with Gasteiger partial charge in [-0.15, -0.1) is 0 Å². The smallest absolute Gasteiger partial charge is 0.315 e. The Labute approximate surface area is 142 Å². The van der Waals surface area contributed by atoms with Crippen LogP contribution >= 0.6 is 0 Å². The normalized spacial score (nSPS) is 11.7. The van der Waals surface area contributed by atoms with Crippen LogP contribution in [0.25, 0.3) is 0 Å². The number of carbonyl (C=O) groups excluding carboxylic acids is 1. The van der Waals surface area contributed by atoms with Crippen LogP contribution in [0, 0.1) is 17.5 Å². The Morgan fingerprint density at radius 3 is 2.52 bits per heavy atom. The number of rotatable bonds is 7. The molecule has 134 valence electrons. The van der Waals surface area contributed by atoms with Gasteiger partial charge in [0.05, 0.1) is 12.6 Å². The molecule has 2 aromatic carbocycles. The number of amides is 2. The standard InChI is InChI=1S/C17H17F3N2O3/c18-13-4-2-1-3-12(13)16(23)10-22-17(24)21-7-8-25-11-5-6-14(19)15(20)9-11/h1-6,9,16,23H,7-8,10H2,(H2,21,22,24). The zero-order valence-electron chi connectivity index (χ0n) is 13.1. The molecule has 0 aliphatic rings. The SMILES string of the molecule is O=C(NCCOc1ccc(F)c(F)c1)NCC(O)c1ccccc1F. The fourth-order valence-electron chi connectivity index (χ4n) is 2.01. The first-order valence-corrected chi connectivity index (χ1v) is 7.49. The lowest BCUT2D eigenvalue weighted by Crippen LogP contribution is -2.39. The molecule has 3 N–H and O–H groups in total. The lowest BCUT2D eigenvalue weighted by atomic mass is 10.1. The number of hydrogen-bond acceptors (Lipinski definition) is 3. The van der Waals surface area contributed by atoms with Crippen LogP contribution in [-0.2, 0) is 0 Å². The molecule has 1 unspecified atom stereocenters. The molecule has 0 saturated carbocycles. The summed E-state index contributed by atoms with van der Waals surface area (Å²) >= 11 is 0. The van der Waals surface area contributed by atoms with Gasteiger partial charge in [-0.1, -0.05) is 18.2 Å². The molecule has 0 spiro atoms. The van der Waals surface area contributed by atoms with Gasteiger partial charge in [-0.25, -0.2) is 18.0 Å². The third-order valence-corrected chi connectivity index (χ3v) is 3.27. The fraction of sp³-hybridized carbons (Fsp3) is 0.235. The molecule has 25 heavy (non-hydrogen) atoms. The molecule has 0 aromatic heterocycles. The van der Waals surface area contributed by atoms with Crippen LogP contribution in [0.5, 0.6) is 5.75 Å². The van der Waals surface area contributed by atoms with Gasteiger partial charge in [0.15, 0.2) is 11.6 Å². The van der Waals surface area contributed by atoms with Gasteiger partial charge in [0.2, 0.25) is 0 Å². The van der Waals surface area contributed by atoms with Crippen molar-refractivity contribution in [3.05, 3.63) is 65.5 Å². The second-order valence-corrected chi connectivity index (χ2v) is 5.10. The predicted molar refractivity (Wildman–Crippen MR) is 84.6 cm³/mol. The maximum Gasteiger partial charge on any atom is 0.315 e. The highest BCUT2D eigenvalue weighted by atomic mass is 19.2. The maximum atomic E-state index is 13.5. The number of aliphatic hydroxyl groups excluding tert-OH is 1. The summed E-state index contributed by atoms with van der Waals surface area (Å²) in [6.07, 6.45) is -1.18.